The summed E-state index contributed by atoms with van der Waals surface area (Å²) in [7, 11) is 1.72. The van der Waals surface area contributed by atoms with E-state index in [4.69, 9.17) is 9.47 Å². The lowest BCUT2D eigenvalue weighted by Crippen LogP contribution is -2.74. The third kappa shape index (κ3) is 3.00. The van der Waals surface area contributed by atoms with Crippen molar-refractivity contribution in [3.8, 4) is 0 Å². The fourth-order valence-corrected chi connectivity index (χ4v) is 3.90. The SMILES string of the molecule is CCOCC(=O)N1CCC2(CC1)C(OC)CN2c1cccc(F)c1. The first-order chi connectivity index (χ1) is 11.6. The third-order valence-electron chi connectivity index (χ3n) is 5.30. The van der Waals surface area contributed by atoms with Gasteiger partial charge < -0.3 is 19.3 Å². The predicted octanol–water partition coefficient (Wildman–Crippen LogP) is 2.06. The lowest BCUT2D eigenvalue weighted by atomic mass is 9.73. The van der Waals surface area contributed by atoms with Gasteiger partial charge in [0.15, 0.2) is 0 Å². The fourth-order valence-electron chi connectivity index (χ4n) is 3.90. The Morgan fingerprint density at radius 3 is 2.75 bits per heavy atom. The summed E-state index contributed by atoms with van der Waals surface area (Å²) in [6.07, 6.45) is 1.75. The second-order valence-electron chi connectivity index (χ2n) is 6.44. The number of nitrogens with zero attached hydrogens (tertiary/aromatic N) is 2. The fraction of sp³-hybridized carbons (Fsp3) is 0.611. The van der Waals surface area contributed by atoms with Crippen molar-refractivity contribution in [2.75, 3.05) is 44.9 Å². The van der Waals surface area contributed by atoms with Crippen molar-refractivity contribution in [1.82, 2.24) is 4.90 Å². The van der Waals surface area contributed by atoms with Gasteiger partial charge in [-0.15, -0.1) is 0 Å². The first-order valence-corrected chi connectivity index (χ1v) is 8.52. The van der Waals surface area contributed by atoms with Crippen molar-refractivity contribution in [2.45, 2.75) is 31.4 Å². The zero-order valence-electron chi connectivity index (χ0n) is 14.3. The molecule has 24 heavy (non-hydrogen) atoms. The number of anilines is 1. The molecule has 1 amide bonds. The van der Waals surface area contributed by atoms with E-state index in [1.54, 1.807) is 19.2 Å². The van der Waals surface area contributed by atoms with Crippen LogP contribution in [0, 0.1) is 5.82 Å². The Kier molecular flexibility index (Phi) is 5.06. The van der Waals surface area contributed by atoms with Crippen LogP contribution in [-0.2, 0) is 14.3 Å². The number of ether oxygens (including phenoxy) is 2. The van der Waals surface area contributed by atoms with Gasteiger partial charge >= 0.3 is 0 Å². The minimum absolute atomic E-state index is 0.0392. The molecule has 1 aromatic carbocycles. The first kappa shape index (κ1) is 17.2. The number of hydrogen-bond acceptors (Lipinski definition) is 4. The molecule has 2 aliphatic heterocycles. The van der Waals surface area contributed by atoms with Gasteiger partial charge in [-0.1, -0.05) is 6.07 Å². The maximum Gasteiger partial charge on any atom is 0.248 e. The number of carbonyl (C=O) groups excluding carboxylic acids is 1. The second-order valence-corrected chi connectivity index (χ2v) is 6.44. The number of hydrogen-bond donors (Lipinski definition) is 0. The quantitative estimate of drug-likeness (QED) is 0.825. The van der Waals surface area contributed by atoms with Crippen LogP contribution < -0.4 is 4.90 Å². The number of methoxy groups -OCH3 is 1. The molecule has 5 nitrogen and oxygen atoms in total. The molecule has 2 fully saturated rings. The third-order valence-corrected chi connectivity index (χ3v) is 5.30. The summed E-state index contributed by atoms with van der Waals surface area (Å²) in [5.41, 5.74) is 0.739. The van der Waals surface area contributed by atoms with Gasteiger partial charge in [-0.3, -0.25) is 4.79 Å². The molecule has 1 spiro atoms. The zero-order chi connectivity index (χ0) is 17.2. The molecule has 1 atom stereocenters. The molecule has 6 heteroatoms. The van der Waals surface area contributed by atoms with Crippen molar-refractivity contribution < 1.29 is 18.7 Å². The predicted molar refractivity (Wildman–Crippen MR) is 89.6 cm³/mol. The lowest BCUT2D eigenvalue weighted by Gasteiger charge is -2.61. The molecule has 132 valence electrons. The molecule has 0 bridgehead atoms. The number of halogens is 1. The lowest BCUT2D eigenvalue weighted by molar-refractivity contribution is -0.139. The normalized spacial score (nSPS) is 22.5. The average Bonchev–Trinajstić information content (AvgIpc) is 2.59. The Morgan fingerprint density at radius 2 is 2.12 bits per heavy atom. The molecule has 1 unspecified atom stereocenters. The van der Waals surface area contributed by atoms with E-state index in [-0.39, 0.29) is 30.0 Å². The largest absolute Gasteiger partial charge is 0.377 e. The van der Waals surface area contributed by atoms with Crippen molar-refractivity contribution in [2.24, 2.45) is 0 Å². The highest BCUT2D eigenvalue weighted by atomic mass is 19.1. The van der Waals surface area contributed by atoms with Gasteiger partial charge in [0.05, 0.1) is 11.6 Å². The number of rotatable bonds is 5. The van der Waals surface area contributed by atoms with E-state index in [1.807, 2.05) is 17.9 Å². The second kappa shape index (κ2) is 7.07. The minimum atomic E-state index is -0.229. The van der Waals surface area contributed by atoms with E-state index in [1.165, 1.54) is 6.07 Å². The molecule has 0 radical (unpaired) electrons. The summed E-state index contributed by atoms with van der Waals surface area (Å²) in [5, 5.41) is 0. The number of piperidine rings is 1. The molecule has 1 aromatic rings. The summed E-state index contributed by atoms with van der Waals surface area (Å²) in [6, 6.07) is 6.70. The van der Waals surface area contributed by atoms with Gasteiger partial charge in [-0.2, -0.15) is 0 Å². The Balaban J connectivity index is 1.70. The topological polar surface area (TPSA) is 42.0 Å². The van der Waals surface area contributed by atoms with E-state index < -0.39 is 0 Å². The van der Waals surface area contributed by atoms with E-state index in [9.17, 15) is 9.18 Å². The highest BCUT2D eigenvalue weighted by molar-refractivity contribution is 5.77. The van der Waals surface area contributed by atoms with Crippen LogP contribution in [0.4, 0.5) is 10.1 Å². The molecule has 3 rings (SSSR count). The number of amides is 1. The molecule has 0 aromatic heterocycles. The van der Waals surface area contributed by atoms with Crippen molar-refractivity contribution in [3.63, 3.8) is 0 Å². The van der Waals surface area contributed by atoms with Crippen LogP contribution in [0.5, 0.6) is 0 Å². The Hall–Kier alpha value is -1.66. The highest BCUT2D eigenvalue weighted by Gasteiger charge is 2.55. The molecule has 2 heterocycles. The summed E-state index contributed by atoms with van der Waals surface area (Å²) in [6.45, 7) is 4.68. The van der Waals surface area contributed by atoms with Crippen LogP contribution in [-0.4, -0.2) is 62.4 Å². The van der Waals surface area contributed by atoms with E-state index in [2.05, 4.69) is 4.90 Å². The van der Waals surface area contributed by atoms with Crippen LogP contribution in [0.25, 0.3) is 0 Å². The monoisotopic (exact) mass is 336 g/mol. The van der Waals surface area contributed by atoms with Gasteiger partial charge in [0.1, 0.15) is 12.4 Å². The van der Waals surface area contributed by atoms with Gasteiger partial charge in [0.2, 0.25) is 5.91 Å². The zero-order valence-corrected chi connectivity index (χ0v) is 14.3. The van der Waals surface area contributed by atoms with Crippen LogP contribution in [0.3, 0.4) is 0 Å². The molecular formula is C18H25FN2O3. The Morgan fingerprint density at radius 1 is 1.38 bits per heavy atom. The standard InChI is InChI=1S/C18H25FN2O3/c1-3-24-13-17(22)20-9-7-18(8-10-20)16(23-2)12-21(18)15-6-4-5-14(19)11-15/h4-6,11,16H,3,7-10,12-13H2,1-2H3. The number of benzene rings is 1. The molecule has 0 N–H and O–H groups in total. The van der Waals surface area contributed by atoms with Gasteiger partial charge in [-0.05, 0) is 38.0 Å². The average molecular weight is 336 g/mol. The van der Waals surface area contributed by atoms with Gasteiger partial charge in [0.25, 0.3) is 0 Å². The smallest absolute Gasteiger partial charge is 0.248 e. The maximum absolute atomic E-state index is 13.6. The van der Waals surface area contributed by atoms with Crippen LogP contribution in [0.2, 0.25) is 0 Å². The van der Waals surface area contributed by atoms with Crippen molar-refractivity contribution in [3.05, 3.63) is 30.1 Å². The maximum atomic E-state index is 13.6. The van der Waals surface area contributed by atoms with Crippen molar-refractivity contribution >= 4 is 11.6 Å². The van der Waals surface area contributed by atoms with E-state index >= 15 is 0 Å². The molecule has 2 saturated heterocycles. The van der Waals surface area contributed by atoms with Gasteiger partial charge in [-0.25, -0.2) is 4.39 Å². The summed E-state index contributed by atoms with van der Waals surface area (Å²) in [4.78, 5) is 16.2. The molecule has 0 aliphatic carbocycles. The van der Waals surface area contributed by atoms with Crippen LogP contribution in [0.1, 0.15) is 19.8 Å². The number of likely N-dealkylation sites (tertiary alicyclic amines) is 1. The number of carbonyl (C=O) groups is 1. The summed E-state index contributed by atoms with van der Waals surface area (Å²) >= 11 is 0. The van der Waals surface area contributed by atoms with E-state index in [0.29, 0.717) is 19.7 Å². The molecule has 0 saturated carbocycles. The van der Waals surface area contributed by atoms with Gasteiger partial charge in [0, 0.05) is 39.0 Å². The van der Waals surface area contributed by atoms with Crippen LogP contribution in [0.15, 0.2) is 24.3 Å². The molecular weight excluding hydrogens is 311 g/mol. The molecule has 2 aliphatic rings. The highest BCUT2D eigenvalue weighted by Crippen LogP contribution is 2.44. The minimum Gasteiger partial charge on any atom is -0.377 e. The van der Waals surface area contributed by atoms with Crippen molar-refractivity contribution in [1.29, 1.82) is 0 Å². The van der Waals surface area contributed by atoms with E-state index in [0.717, 1.165) is 25.1 Å². The van der Waals surface area contributed by atoms with Crippen LogP contribution >= 0.6 is 0 Å². The summed E-state index contributed by atoms with van der Waals surface area (Å²) < 4.78 is 24.5. The first-order valence-electron chi connectivity index (χ1n) is 8.52. The summed E-state index contributed by atoms with van der Waals surface area (Å²) in [5.74, 6) is -0.190. The Bertz CT molecular complexity index is 587. The Labute approximate surface area is 142 Å².